The number of halogens is 4. The minimum Gasteiger partial charge on any atom is -0.489 e. The quantitative estimate of drug-likeness (QED) is 0.269. The number of nitrogens with zero attached hydrogens (tertiary/aromatic N) is 1. The van der Waals surface area contributed by atoms with Crippen LogP contribution in [0.15, 0.2) is 35.4 Å². The third kappa shape index (κ3) is 5.97. The van der Waals surface area contributed by atoms with Crippen LogP contribution in [-0.2, 0) is 0 Å². The van der Waals surface area contributed by atoms with Gasteiger partial charge in [0.25, 0.3) is 5.91 Å². The van der Waals surface area contributed by atoms with Gasteiger partial charge in [0.05, 0.1) is 30.0 Å². The molecule has 0 aliphatic rings. The van der Waals surface area contributed by atoms with E-state index in [0.29, 0.717) is 10.6 Å². The molecule has 0 fully saturated rings. The summed E-state index contributed by atoms with van der Waals surface area (Å²) < 4.78 is 7.76. The Kier molecular flexibility index (Phi) is 7.78. The van der Waals surface area contributed by atoms with Crippen LogP contribution in [0, 0.1) is 7.14 Å². The van der Waals surface area contributed by atoms with Crippen molar-refractivity contribution in [1.82, 2.24) is 5.43 Å². The number of benzene rings is 2. The summed E-state index contributed by atoms with van der Waals surface area (Å²) in [5.74, 6) is 0.451. The zero-order valence-corrected chi connectivity index (χ0v) is 19.1. The van der Waals surface area contributed by atoms with Crippen molar-refractivity contribution in [2.75, 3.05) is 0 Å². The zero-order valence-electron chi connectivity index (χ0n) is 13.3. The van der Waals surface area contributed by atoms with Gasteiger partial charge in [0, 0.05) is 5.02 Å². The molecule has 2 aromatic carbocycles. The number of amides is 1. The van der Waals surface area contributed by atoms with Gasteiger partial charge in [0.2, 0.25) is 0 Å². The SMILES string of the molecule is CC(C)Oc1c(I)cc(/C=N/NC(=O)c2ccc(Cl)cc2Cl)cc1I. The molecule has 0 saturated heterocycles. The lowest BCUT2D eigenvalue weighted by atomic mass is 10.2. The Balaban J connectivity index is 2.10. The summed E-state index contributed by atoms with van der Waals surface area (Å²) in [6.07, 6.45) is 1.68. The van der Waals surface area contributed by atoms with Gasteiger partial charge in [-0.2, -0.15) is 5.10 Å². The monoisotopic (exact) mass is 602 g/mol. The molecule has 2 rings (SSSR count). The van der Waals surface area contributed by atoms with E-state index < -0.39 is 5.91 Å². The fourth-order valence-corrected chi connectivity index (χ4v) is 4.47. The van der Waals surface area contributed by atoms with Crippen molar-refractivity contribution in [3.63, 3.8) is 0 Å². The molecule has 0 spiro atoms. The molecular weight excluding hydrogens is 589 g/mol. The van der Waals surface area contributed by atoms with Crippen LogP contribution in [-0.4, -0.2) is 18.2 Å². The molecule has 0 aliphatic carbocycles. The van der Waals surface area contributed by atoms with Gasteiger partial charge >= 0.3 is 0 Å². The molecule has 0 heterocycles. The Morgan fingerprint density at radius 2 is 1.84 bits per heavy atom. The third-order valence-corrected chi connectivity index (χ3v) is 5.08. The van der Waals surface area contributed by atoms with Crippen LogP contribution in [0.4, 0.5) is 0 Å². The summed E-state index contributed by atoms with van der Waals surface area (Å²) in [5, 5.41) is 4.74. The average Bonchev–Trinajstić information content (AvgIpc) is 2.50. The van der Waals surface area contributed by atoms with Crippen LogP contribution in [0.3, 0.4) is 0 Å². The summed E-state index contributed by atoms with van der Waals surface area (Å²) in [4.78, 5) is 12.1. The number of hydrogen-bond donors (Lipinski definition) is 1. The van der Waals surface area contributed by atoms with Crippen LogP contribution in [0.5, 0.6) is 5.75 Å². The van der Waals surface area contributed by atoms with Crippen LogP contribution >= 0.6 is 68.4 Å². The predicted octanol–water partition coefficient (Wildman–Crippen LogP) is 5.75. The standard InChI is InChI=1S/C17H14Cl2I2N2O2/c1-9(2)25-16-14(20)5-10(6-15(16)21)8-22-23-17(24)12-4-3-11(18)7-13(12)19/h3-9H,1-2H3,(H,23,24)/b22-8+. The topological polar surface area (TPSA) is 50.7 Å². The first-order chi connectivity index (χ1) is 11.8. The van der Waals surface area contributed by atoms with Crippen LogP contribution < -0.4 is 10.2 Å². The van der Waals surface area contributed by atoms with Crippen molar-refractivity contribution in [3.05, 3.63) is 58.6 Å². The average molecular weight is 603 g/mol. The van der Waals surface area contributed by atoms with E-state index in [-0.39, 0.29) is 11.1 Å². The second-order valence-corrected chi connectivity index (χ2v) is 8.47. The Bertz CT molecular complexity index is 803. The maximum atomic E-state index is 12.1. The minimum absolute atomic E-state index is 0.102. The molecule has 8 heteroatoms. The van der Waals surface area contributed by atoms with Crippen molar-refractivity contribution < 1.29 is 9.53 Å². The third-order valence-electron chi connectivity index (χ3n) is 2.93. The number of carbonyl (C=O) groups is 1. The molecule has 0 bridgehead atoms. The van der Waals surface area contributed by atoms with E-state index in [4.69, 9.17) is 27.9 Å². The van der Waals surface area contributed by atoms with Gasteiger partial charge in [-0.3, -0.25) is 4.79 Å². The van der Waals surface area contributed by atoms with Gasteiger partial charge in [-0.25, -0.2) is 5.43 Å². The Hall–Kier alpha value is -0.580. The fourth-order valence-electron chi connectivity index (χ4n) is 1.90. The number of ether oxygens (including phenoxy) is 1. The van der Waals surface area contributed by atoms with Gasteiger partial charge in [-0.05, 0) is 94.9 Å². The highest BCUT2D eigenvalue weighted by Crippen LogP contribution is 2.29. The number of nitrogens with one attached hydrogen (secondary N) is 1. The fraction of sp³-hybridized carbons (Fsp3) is 0.176. The lowest BCUT2D eigenvalue weighted by molar-refractivity contribution is 0.0955. The van der Waals surface area contributed by atoms with E-state index in [0.717, 1.165) is 18.5 Å². The lowest BCUT2D eigenvalue weighted by Gasteiger charge is -2.14. The first-order valence-corrected chi connectivity index (χ1v) is 10.1. The van der Waals surface area contributed by atoms with E-state index in [9.17, 15) is 4.79 Å². The van der Waals surface area contributed by atoms with Gasteiger partial charge in [0.1, 0.15) is 5.75 Å². The first-order valence-electron chi connectivity index (χ1n) is 7.22. The molecule has 0 aromatic heterocycles. The highest BCUT2D eigenvalue weighted by Gasteiger charge is 2.11. The second kappa shape index (κ2) is 9.38. The van der Waals surface area contributed by atoms with Crippen molar-refractivity contribution in [2.45, 2.75) is 20.0 Å². The first kappa shape index (κ1) is 20.7. The molecule has 0 aliphatic heterocycles. The smallest absolute Gasteiger partial charge is 0.272 e. The maximum absolute atomic E-state index is 12.1. The van der Waals surface area contributed by atoms with Gasteiger partial charge < -0.3 is 4.74 Å². The van der Waals surface area contributed by atoms with E-state index >= 15 is 0 Å². The van der Waals surface area contributed by atoms with Gasteiger partial charge in [-0.1, -0.05) is 23.2 Å². The molecule has 4 nitrogen and oxygen atoms in total. The molecule has 0 saturated carbocycles. The van der Waals surface area contributed by atoms with Crippen LogP contribution in [0.25, 0.3) is 0 Å². The molecule has 1 amide bonds. The van der Waals surface area contributed by atoms with E-state index in [1.807, 2.05) is 26.0 Å². The zero-order chi connectivity index (χ0) is 18.6. The number of carbonyl (C=O) groups excluding carboxylic acids is 1. The summed E-state index contributed by atoms with van der Waals surface area (Å²) in [6, 6.07) is 8.54. The number of hydrazone groups is 1. The molecule has 1 N–H and O–H groups in total. The molecular formula is C17H14Cl2I2N2O2. The molecule has 0 unspecified atom stereocenters. The molecule has 0 atom stereocenters. The van der Waals surface area contributed by atoms with E-state index in [2.05, 4.69) is 55.7 Å². The van der Waals surface area contributed by atoms with Crippen molar-refractivity contribution in [1.29, 1.82) is 0 Å². The summed E-state index contributed by atoms with van der Waals surface area (Å²) in [6.45, 7) is 3.97. The second-order valence-electron chi connectivity index (χ2n) is 5.30. The molecule has 2 aromatic rings. The highest BCUT2D eigenvalue weighted by atomic mass is 127. The van der Waals surface area contributed by atoms with E-state index in [1.165, 1.54) is 6.07 Å². The molecule has 25 heavy (non-hydrogen) atoms. The van der Waals surface area contributed by atoms with Crippen molar-refractivity contribution >= 4 is 80.5 Å². The van der Waals surface area contributed by atoms with Gasteiger partial charge in [0.15, 0.2) is 0 Å². The predicted molar refractivity (Wildman–Crippen MR) is 119 cm³/mol. The van der Waals surface area contributed by atoms with E-state index in [1.54, 1.807) is 18.3 Å². The summed E-state index contributed by atoms with van der Waals surface area (Å²) >= 11 is 16.3. The van der Waals surface area contributed by atoms with Crippen LogP contribution in [0.1, 0.15) is 29.8 Å². The normalized spacial score (nSPS) is 11.2. The van der Waals surface area contributed by atoms with Crippen molar-refractivity contribution in [3.8, 4) is 5.75 Å². The Morgan fingerprint density at radius 1 is 1.20 bits per heavy atom. The molecule has 132 valence electrons. The maximum Gasteiger partial charge on any atom is 0.272 e. The molecule has 0 radical (unpaired) electrons. The Labute approximate surface area is 183 Å². The highest BCUT2D eigenvalue weighted by molar-refractivity contribution is 14.1. The largest absolute Gasteiger partial charge is 0.489 e. The summed E-state index contributed by atoms with van der Waals surface area (Å²) in [5.41, 5.74) is 3.63. The lowest BCUT2D eigenvalue weighted by Crippen LogP contribution is -2.18. The number of hydrogen-bond acceptors (Lipinski definition) is 3. The van der Waals surface area contributed by atoms with Crippen molar-refractivity contribution in [2.24, 2.45) is 5.10 Å². The Morgan fingerprint density at radius 3 is 2.40 bits per heavy atom. The minimum atomic E-state index is -0.401. The summed E-state index contributed by atoms with van der Waals surface area (Å²) in [7, 11) is 0. The number of rotatable bonds is 5. The van der Waals surface area contributed by atoms with Gasteiger partial charge in [-0.15, -0.1) is 0 Å². The van der Waals surface area contributed by atoms with Crippen LogP contribution in [0.2, 0.25) is 10.0 Å².